The number of rotatable bonds is 2. The van der Waals surface area contributed by atoms with Crippen molar-refractivity contribution in [3.63, 3.8) is 0 Å². The van der Waals surface area contributed by atoms with Crippen LogP contribution in [-0.2, 0) is 0 Å². The standard InChI is InChI=1S/C14H18O2.C6H6.2C2H6/c1-10-2-4-11(5-3-10)12-6-8-13(9-7-12)14(15)16;1-2-4-6-5-3-1;2*1-2/h6-11H,2-5H2,1H3,(H,15,16);1-6H;2*1-2H3. The van der Waals surface area contributed by atoms with Gasteiger partial charge < -0.3 is 5.11 Å². The molecule has 3 rings (SSSR count). The van der Waals surface area contributed by atoms with E-state index in [9.17, 15) is 4.79 Å². The van der Waals surface area contributed by atoms with Crippen molar-refractivity contribution in [2.75, 3.05) is 0 Å². The zero-order valence-electron chi connectivity index (χ0n) is 17.1. The zero-order valence-corrected chi connectivity index (χ0v) is 17.1. The Morgan fingerprint density at radius 2 is 1.15 bits per heavy atom. The van der Waals surface area contributed by atoms with Crippen molar-refractivity contribution in [3.05, 3.63) is 71.8 Å². The summed E-state index contributed by atoms with van der Waals surface area (Å²) >= 11 is 0. The van der Waals surface area contributed by atoms with Crippen molar-refractivity contribution in [1.29, 1.82) is 0 Å². The molecule has 0 bridgehead atoms. The normalized spacial score (nSPS) is 17.9. The summed E-state index contributed by atoms with van der Waals surface area (Å²) in [5.41, 5.74) is 1.69. The minimum atomic E-state index is -0.844. The van der Waals surface area contributed by atoms with Gasteiger partial charge in [-0.2, -0.15) is 0 Å². The van der Waals surface area contributed by atoms with Crippen LogP contribution in [0.1, 0.15) is 82.1 Å². The number of carbonyl (C=O) groups is 1. The van der Waals surface area contributed by atoms with E-state index >= 15 is 0 Å². The van der Waals surface area contributed by atoms with E-state index in [1.54, 1.807) is 12.1 Å². The summed E-state index contributed by atoms with van der Waals surface area (Å²) in [5.74, 6) is 0.650. The van der Waals surface area contributed by atoms with E-state index in [1.807, 2.05) is 76.2 Å². The molecule has 2 heteroatoms. The Labute approximate surface area is 160 Å². The maximum absolute atomic E-state index is 10.7. The van der Waals surface area contributed by atoms with Gasteiger partial charge in [-0.15, -0.1) is 0 Å². The fourth-order valence-electron chi connectivity index (χ4n) is 2.88. The van der Waals surface area contributed by atoms with Crippen molar-refractivity contribution < 1.29 is 9.90 Å². The molecule has 0 unspecified atom stereocenters. The summed E-state index contributed by atoms with van der Waals surface area (Å²) in [4.78, 5) is 10.7. The molecular weight excluding hydrogens is 320 g/mol. The largest absolute Gasteiger partial charge is 0.478 e. The average Bonchev–Trinajstić information content (AvgIpc) is 2.73. The first-order valence-corrected chi connectivity index (χ1v) is 10.00. The highest BCUT2D eigenvalue weighted by atomic mass is 16.4. The number of benzene rings is 2. The molecule has 1 fully saturated rings. The van der Waals surface area contributed by atoms with Gasteiger partial charge in [0.25, 0.3) is 0 Å². The molecule has 144 valence electrons. The second-order valence-electron chi connectivity index (χ2n) is 6.04. The molecule has 1 aliphatic rings. The molecule has 26 heavy (non-hydrogen) atoms. The Balaban J connectivity index is 0.000000521. The lowest BCUT2D eigenvalue weighted by atomic mass is 9.79. The minimum absolute atomic E-state index is 0.382. The summed E-state index contributed by atoms with van der Waals surface area (Å²) in [6.45, 7) is 10.3. The van der Waals surface area contributed by atoms with Crippen LogP contribution >= 0.6 is 0 Å². The second-order valence-corrected chi connectivity index (χ2v) is 6.04. The van der Waals surface area contributed by atoms with Crippen molar-refractivity contribution >= 4 is 5.97 Å². The molecule has 0 radical (unpaired) electrons. The molecule has 2 nitrogen and oxygen atoms in total. The van der Waals surface area contributed by atoms with Crippen LogP contribution in [0.15, 0.2) is 60.7 Å². The van der Waals surface area contributed by atoms with Gasteiger partial charge in [0.2, 0.25) is 0 Å². The lowest BCUT2D eigenvalue weighted by Gasteiger charge is -2.26. The van der Waals surface area contributed by atoms with E-state index < -0.39 is 5.97 Å². The maximum Gasteiger partial charge on any atom is 0.335 e. The topological polar surface area (TPSA) is 37.3 Å². The van der Waals surface area contributed by atoms with Crippen LogP contribution in [0, 0.1) is 5.92 Å². The molecule has 1 N–H and O–H groups in total. The van der Waals surface area contributed by atoms with Crippen molar-refractivity contribution in [3.8, 4) is 0 Å². The summed E-state index contributed by atoms with van der Waals surface area (Å²) < 4.78 is 0. The Morgan fingerprint density at radius 1 is 0.769 bits per heavy atom. The molecule has 0 spiro atoms. The number of hydrogen-bond acceptors (Lipinski definition) is 1. The van der Waals surface area contributed by atoms with Gasteiger partial charge in [-0.25, -0.2) is 4.79 Å². The van der Waals surface area contributed by atoms with Crippen molar-refractivity contribution in [2.24, 2.45) is 5.92 Å². The molecule has 0 aliphatic heterocycles. The maximum atomic E-state index is 10.7. The van der Waals surface area contributed by atoms with Gasteiger partial charge in [0, 0.05) is 0 Å². The molecule has 1 aliphatic carbocycles. The number of hydrogen-bond donors (Lipinski definition) is 1. The Kier molecular flexibility index (Phi) is 14.0. The Morgan fingerprint density at radius 3 is 1.50 bits per heavy atom. The number of carboxylic acids is 1. The highest BCUT2D eigenvalue weighted by Crippen LogP contribution is 2.35. The van der Waals surface area contributed by atoms with E-state index in [0.29, 0.717) is 11.5 Å². The quantitative estimate of drug-likeness (QED) is 0.608. The van der Waals surface area contributed by atoms with E-state index in [2.05, 4.69) is 6.92 Å². The van der Waals surface area contributed by atoms with Crippen molar-refractivity contribution in [2.45, 2.75) is 66.2 Å². The molecule has 0 aromatic heterocycles. The number of carboxylic acid groups (broad SMARTS) is 1. The van der Waals surface area contributed by atoms with Gasteiger partial charge in [-0.3, -0.25) is 0 Å². The zero-order chi connectivity index (χ0) is 19.8. The first kappa shape index (κ1) is 23.9. The van der Waals surface area contributed by atoms with E-state index in [-0.39, 0.29) is 0 Å². The lowest BCUT2D eigenvalue weighted by molar-refractivity contribution is 0.0697. The van der Waals surface area contributed by atoms with Crippen LogP contribution in [-0.4, -0.2) is 11.1 Å². The van der Waals surface area contributed by atoms with Crippen molar-refractivity contribution in [1.82, 2.24) is 0 Å². The summed E-state index contributed by atoms with van der Waals surface area (Å²) in [5, 5.41) is 8.82. The monoisotopic (exact) mass is 356 g/mol. The van der Waals surface area contributed by atoms with Crippen LogP contribution in [0.2, 0.25) is 0 Å². The van der Waals surface area contributed by atoms with Gasteiger partial charge >= 0.3 is 5.97 Å². The summed E-state index contributed by atoms with van der Waals surface area (Å²) in [7, 11) is 0. The third-order valence-corrected chi connectivity index (χ3v) is 4.31. The van der Waals surface area contributed by atoms with Gasteiger partial charge in [0.15, 0.2) is 0 Å². The van der Waals surface area contributed by atoms with Gasteiger partial charge in [0.1, 0.15) is 0 Å². The predicted molar refractivity (Wildman–Crippen MR) is 113 cm³/mol. The van der Waals surface area contributed by atoms with Gasteiger partial charge in [0.05, 0.1) is 5.56 Å². The third kappa shape index (κ3) is 9.41. The van der Waals surface area contributed by atoms with Crippen LogP contribution in [0.3, 0.4) is 0 Å². The van der Waals surface area contributed by atoms with Gasteiger partial charge in [-0.1, -0.05) is 96.0 Å². The fraction of sp³-hybridized carbons (Fsp3) is 0.458. The molecule has 2 aromatic carbocycles. The first-order chi connectivity index (χ1) is 12.7. The predicted octanol–water partition coefficient (Wildman–Crippen LogP) is 7.42. The van der Waals surface area contributed by atoms with E-state index in [1.165, 1.54) is 31.2 Å². The summed E-state index contributed by atoms with van der Waals surface area (Å²) in [6, 6.07) is 19.4. The third-order valence-electron chi connectivity index (χ3n) is 4.31. The molecule has 0 saturated heterocycles. The minimum Gasteiger partial charge on any atom is -0.478 e. The smallest absolute Gasteiger partial charge is 0.335 e. The van der Waals surface area contributed by atoms with Crippen LogP contribution in [0.4, 0.5) is 0 Å². The molecular formula is C24H36O2. The summed E-state index contributed by atoms with van der Waals surface area (Å²) in [6.07, 6.45) is 5.08. The first-order valence-electron chi connectivity index (χ1n) is 10.00. The van der Waals surface area contributed by atoms with Crippen LogP contribution in [0.25, 0.3) is 0 Å². The van der Waals surface area contributed by atoms with E-state index in [4.69, 9.17) is 5.11 Å². The van der Waals surface area contributed by atoms with Gasteiger partial charge in [-0.05, 0) is 42.4 Å². The van der Waals surface area contributed by atoms with E-state index in [0.717, 1.165) is 5.92 Å². The SMILES string of the molecule is CC.CC.CC1CCC(c2ccc(C(=O)O)cc2)CC1.c1ccccc1. The Bertz CT molecular complexity index is 526. The Hall–Kier alpha value is -2.09. The molecule has 0 amide bonds. The fourth-order valence-corrected chi connectivity index (χ4v) is 2.88. The lowest BCUT2D eigenvalue weighted by Crippen LogP contribution is -2.10. The molecule has 0 atom stereocenters. The second kappa shape index (κ2) is 15.2. The van der Waals surface area contributed by atoms with Crippen LogP contribution < -0.4 is 0 Å². The number of aromatic carboxylic acids is 1. The van der Waals surface area contributed by atoms with Crippen LogP contribution in [0.5, 0.6) is 0 Å². The molecule has 1 saturated carbocycles. The average molecular weight is 357 g/mol. The molecule has 0 heterocycles. The highest BCUT2D eigenvalue weighted by molar-refractivity contribution is 5.87. The molecule has 2 aromatic rings. The highest BCUT2D eigenvalue weighted by Gasteiger charge is 2.19.